The summed E-state index contributed by atoms with van der Waals surface area (Å²) in [7, 11) is 1.70. The van der Waals surface area contributed by atoms with Crippen molar-refractivity contribution in [2.45, 2.75) is 50.6 Å². The molecule has 0 radical (unpaired) electrons. The number of nitrogens with one attached hydrogen (secondary N) is 1. The second-order valence-electron chi connectivity index (χ2n) is 7.13. The predicted molar refractivity (Wildman–Crippen MR) is 95.9 cm³/mol. The van der Waals surface area contributed by atoms with Crippen molar-refractivity contribution in [1.29, 1.82) is 0 Å². The van der Waals surface area contributed by atoms with E-state index in [1.54, 1.807) is 7.11 Å². The maximum Gasteiger partial charge on any atom is 0.243 e. The molecular weight excluding hydrogens is 316 g/mol. The molecule has 1 saturated carbocycles. The van der Waals surface area contributed by atoms with Crippen molar-refractivity contribution in [2.75, 3.05) is 25.5 Å². The van der Waals surface area contributed by atoms with Gasteiger partial charge in [0, 0.05) is 36.8 Å². The van der Waals surface area contributed by atoms with Gasteiger partial charge in [-0.15, -0.1) is 0 Å². The number of piperidine rings is 1. The van der Waals surface area contributed by atoms with Crippen molar-refractivity contribution in [3.05, 3.63) is 36.0 Å². The third kappa shape index (κ3) is 3.79. The molecule has 0 spiro atoms. The number of anilines is 1. The Kier molecular flexibility index (Phi) is 4.61. The number of methoxy groups -OCH3 is 1. The van der Waals surface area contributed by atoms with Crippen LogP contribution in [0.15, 0.2) is 28.8 Å². The topological polar surface area (TPSA) is 63.4 Å². The van der Waals surface area contributed by atoms with E-state index >= 15 is 0 Å². The summed E-state index contributed by atoms with van der Waals surface area (Å²) in [5, 5.41) is 7.77. The molecule has 6 heteroatoms. The summed E-state index contributed by atoms with van der Waals surface area (Å²) in [5.41, 5.74) is 1.12. The van der Waals surface area contributed by atoms with Crippen LogP contribution in [0.5, 0.6) is 5.75 Å². The van der Waals surface area contributed by atoms with E-state index in [4.69, 9.17) is 9.26 Å². The molecule has 1 unspecified atom stereocenters. The zero-order valence-electron chi connectivity index (χ0n) is 14.9. The van der Waals surface area contributed by atoms with Gasteiger partial charge in [0.05, 0.1) is 13.2 Å². The van der Waals surface area contributed by atoms with Crippen molar-refractivity contribution >= 4 is 5.69 Å². The zero-order chi connectivity index (χ0) is 17.2. The van der Waals surface area contributed by atoms with E-state index < -0.39 is 0 Å². The summed E-state index contributed by atoms with van der Waals surface area (Å²) in [5.74, 6) is 3.10. The van der Waals surface area contributed by atoms with Gasteiger partial charge in [0.1, 0.15) is 5.75 Å². The van der Waals surface area contributed by atoms with E-state index in [1.165, 1.54) is 12.8 Å². The van der Waals surface area contributed by atoms with E-state index in [-0.39, 0.29) is 6.04 Å². The molecule has 6 nitrogen and oxygen atoms in total. The van der Waals surface area contributed by atoms with Gasteiger partial charge in [0.2, 0.25) is 5.89 Å². The first-order valence-electron chi connectivity index (χ1n) is 9.21. The molecule has 2 fully saturated rings. The van der Waals surface area contributed by atoms with E-state index in [0.717, 1.165) is 49.1 Å². The number of hydrogen-bond donors (Lipinski definition) is 1. The van der Waals surface area contributed by atoms with Gasteiger partial charge in [0.25, 0.3) is 0 Å². The van der Waals surface area contributed by atoms with Crippen LogP contribution in [0.4, 0.5) is 5.69 Å². The van der Waals surface area contributed by atoms with Gasteiger partial charge in [-0.05, 0) is 44.7 Å². The highest BCUT2D eigenvalue weighted by Crippen LogP contribution is 2.38. The van der Waals surface area contributed by atoms with Crippen LogP contribution in [-0.4, -0.2) is 41.3 Å². The van der Waals surface area contributed by atoms with Crippen LogP contribution in [0.2, 0.25) is 0 Å². The Hall–Kier alpha value is -2.08. The minimum atomic E-state index is 0.192. The highest BCUT2D eigenvalue weighted by Gasteiger charge is 2.31. The van der Waals surface area contributed by atoms with E-state index in [9.17, 15) is 0 Å². The summed E-state index contributed by atoms with van der Waals surface area (Å²) >= 11 is 0. The van der Waals surface area contributed by atoms with Gasteiger partial charge in [0.15, 0.2) is 5.82 Å². The van der Waals surface area contributed by atoms with Crippen LogP contribution in [0.3, 0.4) is 0 Å². The maximum absolute atomic E-state index is 5.50. The van der Waals surface area contributed by atoms with E-state index in [2.05, 4.69) is 33.3 Å². The molecule has 2 aromatic rings. The standard InChI is InChI=1S/C19H26N4O2/c1-13(19-21-18(22-25-19)14-6-7-14)23-10-8-15(9-11-23)20-16-4-3-5-17(12-16)24-2/h3-5,12-15,20H,6-11H2,1-2H3. The molecule has 25 heavy (non-hydrogen) atoms. The lowest BCUT2D eigenvalue weighted by atomic mass is 10.0. The van der Waals surface area contributed by atoms with Gasteiger partial charge in [-0.3, -0.25) is 4.90 Å². The van der Waals surface area contributed by atoms with Gasteiger partial charge in [-0.1, -0.05) is 11.2 Å². The number of nitrogens with zero attached hydrogens (tertiary/aromatic N) is 3. The van der Waals surface area contributed by atoms with Crippen LogP contribution in [0, 0.1) is 0 Å². The van der Waals surface area contributed by atoms with Crippen LogP contribution in [0.25, 0.3) is 0 Å². The highest BCUT2D eigenvalue weighted by atomic mass is 16.5. The fourth-order valence-electron chi connectivity index (χ4n) is 3.46. The molecule has 1 aromatic carbocycles. The van der Waals surface area contributed by atoms with Gasteiger partial charge in [-0.2, -0.15) is 4.98 Å². The summed E-state index contributed by atoms with van der Waals surface area (Å²) in [6, 6.07) is 8.81. The SMILES string of the molecule is COc1cccc(NC2CCN(C(C)c3nc(C4CC4)no3)CC2)c1. The van der Waals surface area contributed by atoms with Gasteiger partial charge >= 0.3 is 0 Å². The van der Waals surface area contributed by atoms with Crippen LogP contribution in [-0.2, 0) is 0 Å². The van der Waals surface area contributed by atoms with Gasteiger partial charge in [-0.25, -0.2) is 0 Å². The zero-order valence-corrected chi connectivity index (χ0v) is 14.9. The van der Waals surface area contributed by atoms with Crippen LogP contribution < -0.4 is 10.1 Å². The molecule has 2 heterocycles. The molecule has 2 aliphatic rings. The fourth-order valence-corrected chi connectivity index (χ4v) is 3.46. The van der Waals surface area contributed by atoms with Crippen molar-refractivity contribution in [2.24, 2.45) is 0 Å². The number of ether oxygens (including phenoxy) is 1. The third-order valence-electron chi connectivity index (χ3n) is 5.28. The Morgan fingerprint density at radius 2 is 2.04 bits per heavy atom. The lowest BCUT2D eigenvalue weighted by Crippen LogP contribution is -2.40. The smallest absolute Gasteiger partial charge is 0.243 e. The normalized spacial score (nSPS) is 20.4. The second kappa shape index (κ2) is 7.04. The minimum Gasteiger partial charge on any atom is -0.497 e. The van der Waals surface area contributed by atoms with Crippen molar-refractivity contribution in [3.8, 4) is 5.75 Å². The Balaban J connectivity index is 1.31. The van der Waals surface area contributed by atoms with Crippen LogP contribution >= 0.6 is 0 Å². The average molecular weight is 342 g/mol. The largest absolute Gasteiger partial charge is 0.497 e. The third-order valence-corrected chi connectivity index (χ3v) is 5.28. The van der Waals surface area contributed by atoms with Crippen molar-refractivity contribution in [3.63, 3.8) is 0 Å². The minimum absolute atomic E-state index is 0.192. The van der Waals surface area contributed by atoms with E-state index in [1.807, 2.05) is 18.2 Å². The van der Waals surface area contributed by atoms with E-state index in [0.29, 0.717) is 12.0 Å². The lowest BCUT2D eigenvalue weighted by Gasteiger charge is -2.35. The Labute approximate surface area is 148 Å². The van der Waals surface area contributed by atoms with Gasteiger partial charge < -0.3 is 14.6 Å². The van der Waals surface area contributed by atoms with Crippen molar-refractivity contribution in [1.82, 2.24) is 15.0 Å². The molecule has 1 atom stereocenters. The number of aromatic nitrogens is 2. The Morgan fingerprint density at radius 3 is 2.76 bits per heavy atom. The molecule has 1 N–H and O–H groups in total. The molecule has 4 rings (SSSR count). The molecule has 0 amide bonds. The molecule has 1 aliphatic heterocycles. The summed E-state index contributed by atoms with van der Waals surface area (Å²) < 4.78 is 10.8. The lowest BCUT2D eigenvalue weighted by molar-refractivity contribution is 0.140. The first-order valence-corrected chi connectivity index (χ1v) is 9.21. The Morgan fingerprint density at radius 1 is 1.24 bits per heavy atom. The predicted octanol–water partition coefficient (Wildman–Crippen LogP) is 3.59. The quantitative estimate of drug-likeness (QED) is 0.865. The Bertz CT molecular complexity index is 705. The summed E-state index contributed by atoms with van der Waals surface area (Å²) in [6.07, 6.45) is 4.61. The first kappa shape index (κ1) is 16.4. The highest BCUT2D eigenvalue weighted by molar-refractivity contribution is 5.48. The van der Waals surface area contributed by atoms with Crippen molar-refractivity contribution < 1.29 is 9.26 Å². The molecule has 134 valence electrons. The average Bonchev–Trinajstić information content (AvgIpc) is 3.39. The second-order valence-corrected chi connectivity index (χ2v) is 7.13. The maximum atomic E-state index is 5.50. The number of benzene rings is 1. The molecule has 0 bridgehead atoms. The monoisotopic (exact) mass is 342 g/mol. The summed E-state index contributed by atoms with van der Waals surface area (Å²) in [6.45, 7) is 4.23. The molecular formula is C19H26N4O2. The summed E-state index contributed by atoms with van der Waals surface area (Å²) in [4.78, 5) is 7.04. The number of hydrogen-bond acceptors (Lipinski definition) is 6. The fraction of sp³-hybridized carbons (Fsp3) is 0.579. The number of rotatable bonds is 6. The molecule has 1 saturated heterocycles. The molecule has 1 aromatic heterocycles. The van der Waals surface area contributed by atoms with Crippen LogP contribution in [0.1, 0.15) is 56.3 Å². The first-order chi connectivity index (χ1) is 12.2. The molecule has 1 aliphatic carbocycles. The number of likely N-dealkylation sites (tertiary alicyclic amines) is 1.